The lowest BCUT2D eigenvalue weighted by Gasteiger charge is -2.36. The molecule has 1 nitrogen and oxygen atoms in total. The van der Waals surface area contributed by atoms with Gasteiger partial charge in [-0.25, -0.2) is 0 Å². The summed E-state index contributed by atoms with van der Waals surface area (Å²) in [5.41, 5.74) is 1.67. The van der Waals surface area contributed by atoms with Crippen molar-refractivity contribution in [2.75, 3.05) is 12.4 Å². The van der Waals surface area contributed by atoms with Gasteiger partial charge >= 0.3 is 0 Å². The fourth-order valence-electron chi connectivity index (χ4n) is 2.88. The van der Waals surface area contributed by atoms with Crippen molar-refractivity contribution in [2.24, 2.45) is 0 Å². The summed E-state index contributed by atoms with van der Waals surface area (Å²) in [5, 5.41) is 3.72. The highest BCUT2D eigenvalue weighted by atomic mass is 35.5. The fourth-order valence-corrected chi connectivity index (χ4v) is 3.24. The van der Waals surface area contributed by atoms with E-state index in [-0.39, 0.29) is 5.54 Å². The second-order valence-electron chi connectivity index (χ2n) is 5.49. The molecule has 0 heterocycles. The topological polar surface area (TPSA) is 12.0 Å². The van der Waals surface area contributed by atoms with Crippen LogP contribution in [-0.4, -0.2) is 18.0 Å². The first kappa shape index (κ1) is 13.9. The molecule has 0 aliphatic heterocycles. The number of halogens is 1. The average molecular weight is 266 g/mol. The Balaban J connectivity index is 1.71. The minimum Gasteiger partial charge on any atom is -0.310 e. The monoisotopic (exact) mass is 265 g/mol. The predicted octanol–water partition coefficient (Wildman–Crippen LogP) is 4.15. The van der Waals surface area contributed by atoms with Crippen LogP contribution in [0.1, 0.15) is 44.1 Å². The van der Waals surface area contributed by atoms with E-state index < -0.39 is 0 Å². The summed E-state index contributed by atoms with van der Waals surface area (Å²) in [5.74, 6) is 0.762. The van der Waals surface area contributed by atoms with Crippen LogP contribution >= 0.6 is 11.6 Å². The Hall–Kier alpha value is -0.530. The molecule has 0 radical (unpaired) electrons. The fraction of sp³-hybridized carbons (Fsp3) is 0.625. The first-order valence-corrected chi connectivity index (χ1v) is 7.73. The van der Waals surface area contributed by atoms with Crippen molar-refractivity contribution in [1.82, 2.24) is 5.32 Å². The molecule has 1 aromatic carbocycles. The van der Waals surface area contributed by atoms with E-state index in [0.29, 0.717) is 0 Å². The molecule has 2 heteroatoms. The van der Waals surface area contributed by atoms with Gasteiger partial charge in [-0.15, -0.1) is 11.6 Å². The maximum atomic E-state index is 6.17. The molecule has 1 fully saturated rings. The minimum absolute atomic E-state index is 0.233. The van der Waals surface area contributed by atoms with Crippen molar-refractivity contribution < 1.29 is 0 Å². The Kier molecular flexibility index (Phi) is 5.52. The van der Waals surface area contributed by atoms with Crippen molar-refractivity contribution in [3.8, 4) is 0 Å². The first-order valence-electron chi connectivity index (χ1n) is 7.20. The lowest BCUT2D eigenvalue weighted by molar-refractivity contribution is 0.258. The van der Waals surface area contributed by atoms with Gasteiger partial charge in [-0.1, -0.05) is 49.6 Å². The van der Waals surface area contributed by atoms with Gasteiger partial charge in [0.25, 0.3) is 0 Å². The van der Waals surface area contributed by atoms with E-state index >= 15 is 0 Å². The number of rotatable bonds is 6. The SMILES string of the molecule is ClCC1(NCCCc2ccccc2)CCCCC1. The van der Waals surface area contributed by atoms with E-state index in [2.05, 4.69) is 35.6 Å². The number of nitrogens with one attached hydrogen (secondary N) is 1. The molecule has 1 aliphatic carbocycles. The smallest absolute Gasteiger partial charge is 0.0406 e. The van der Waals surface area contributed by atoms with Gasteiger partial charge in [0, 0.05) is 11.4 Å². The zero-order chi connectivity index (χ0) is 12.7. The lowest BCUT2D eigenvalue weighted by Crippen LogP contribution is -2.48. The van der Waals surface area contributed by atoms with Crippen molar-refractivity contribution >= 4 is 11.6 Å². The van der Waals surface area contributed by atoms with Crippen LogP contribution in [0.15, 0.2) is 30.3 Å². The van der Waals surface area contributed by atoms with Crippen LogP contribution in [0.3, 0.4) is 0 Å². The second kappa shape index (κ2) is 7.16. The number of aryl methyl sites for hydroxylation is 1. The molecule has 1 saturated carbocycles. The third kappa shape index (κ3) is 4.00. The van der Waals surface area contributed by atoms with Gasteiger partial charge in [-0.3, -0.25) is 0 Å². The zero-order valence-electron chi connectivity index (χ0n) is 11.1. The van der Waals surface area contributed by atoms with Crippen molar-refractivity contribution in [2.45, 2.75) is 50.5 Å². The molecule has 0 unspecified atom stereocenters. The second-order valence-corrected chi connectivity index (χ2v) is 5.76. The molecule has 0 atom stereocenters. The van der Waals surface area contributed by atoms with Gasteiger partial charge in [0.1, 0.15) is 0 Å². The molecule has 0 amide bonds. The number of hydrogen-bond acceptors (Lipinski definition) is 1. The van der Waals surface area contributed by atoms with Gasteiger partial charge in [0.05, 0.1) is 0 Å². The van der Waals surface area contributed by atoms with Gasteiger partial charge in [0.15, 0.2) is 0 Å². The van der Waals surface area contributed by atoms with Crippen LogP contribution < -0.4 is 5.32 Å². The summed E-state index contributed by atoms with van der Waals surface area (Å²) < 4.78 is 0. The molecule has 1 aromatic rings. The Morgan fingerprint density at radius 1 is 1.06 bits per heavy atom. The van der Waals surface area contributed by atoms with Crippen molar-refractivity contribution in [3.63, 3.8) is 0 Å². The van der Waals surface area contributed by atoms with E-state index in [1.807, 2.05) is 0 Å². The minimum atomic E-state index is 0.233. The third-order valence-electron chi connectivity index (χ3n) is 4.05. The molecule has 18 heavy (non-hydrogen) atoms. The Morgan fingerprint density at radius 3 is 2.44 bits per heavy atom. The molecular formula is C16H24ClN. The highest BCUT2D eigenvalue weighted by Gasteiger charge is 2.29. The highest BCUT2D eigenvalue weighted by Crippen LogP contribution is 2.29. The molecule has 0 aromatic heterocycles. The normalized spacial score (nSPS) is 18.7. The quantitative estimate of drug-likeness (QED) is 0.602. The van der Waals surface area contributed by atoms with Crippen LogP contribution in [-0.2, 0) is 6.42 Å². The first-order chi connectivity index (χ1) is 8.85. The molecule has 0 saturated heterocycles. The Bertz CT molecular complexity index is 330. The maximum Gasteiger partial charge on any atom is 0.0406 e. The zero-order valence-corrected chi connectivity index (χ0v) is 11.9. The summed E-state index contributed by atoms with van der Waals surface area (Å²) in [7, 11) is 0. The van der Waals surface area contributed by atoms with Gasteiger partial charge in [-0.05, 0) is 37.8 Å². The van der Waals surface area contributed by atoms with Crippen molar-refractivity contribution in [3.05, 3.63) is 35.9 Å². The summed E-state index contributed by atoms with van der Waals surface area (Å²) >= 11 is 6.17. The molecule has 1 N–H and O–H groups in total. The van der Waals surface area contributed by atoms with Crippen LogP contribution in [0.2, 0.25) is 0 Å². The van der Waals surface area contributed by atoms with E-state index in [9.17, 15) is 0 Å². The summed E-state index contributed by atoms with van der Waals surface area (Å²) in [6.45, 7) is 1.08. The maximum absolute atomic E-state index is 6.17. The summed E-state index contributed by atoms with van der Waals surface area (Å²) in [6, 6.07) is 10.7. The number of hydrogen-bond donors (Lipinski definition) is 1. The van der Waals surface area contributed by atoms with Gasteiger partial charge < -0.3 is 5.32 Å². The average Bonchev–Trinajstić information content (AvgIpc) is 2.46. The van der Waals surface area contributed by atoms with E-state index in [0.717, 1.165) is 18.8 Å². The summed E-state index contributed by atoms with van der Waals surface area (Å²) in [6.07, 6.45) is 8.90. The third-order valence-corrected chi connectivity index (χ3v) is 4.56. The Morgan fingerprint density at radius 2 is 1.78 bits per heavy atom. The molecular weight excluding hydrogens is 242 g/mol. The van der Waals surface area contributed by atoms with Gasteiger partial charge in [-0.2, -0.15) is 0 Å². The van der Waals surface area contributed by atoms with Crippen LogP contribution in [0.25, 0.3) is 0 Å². The molecule has 0 bridgehead atoms. The molecule has 1 aliphatic rings. The lowest BCUT2D eigenvalue weighted by atomic mass is 9.83. The predicted molar refractivity (Wildman–Crippen MR) is 79.3 cm³/mol. The molecule has 100 valence electrons. The molecule has 0 spiro atoms. The standard InChI is InChI=1S/C16H24ClN/c17-14-16(11-5-2-6-12-16)18-13-7-10-15-8-3-1-4-9-15/h1,3-4,8-9,18H,2,5-7,10-14H2. The van der Waals surface area contributed by atoms with Crippen LogP contribution in [0.5, 0.6) is 0 Å². The molecule has 2 rings (SSSR count). The van der Waals surface area contributed by atoms with E-state index in [1.54, 1.807) is 0 Å². The van der Waals surface area contributed by atoms with Crippen molar-refractivity contribution in [1.29, 1.82) is 0 Å². The summed E-state index contributed by atoms with van der Waals surface area (Å²) in [4.78, 5) is 0. The van der Waals surface area contributed by atoms with Crippen LogP contribution in [0.4, 0.5) is 0 Å². The Labute approximate surface area is 116 Å². The number of benzene rings is 1. The van der Waals surface area contributed by atoms with E-state index in [4.69, 9.17) is 11.6 Å². The number of alkyl halides is 1. The largest absolute Gasteiger partial charge is 0.310 e. The highest BCUT2D eigenvalue weighted by molar-refractivity contribution is 6.18. The van der Waals surface area contributed by atoms with E-state index in [1.165, 1.54) is 44.1 Å². The van der Waals surface area contributed by atoms with Crippen LogP contribution in [0, 0.1) is 0 Å². The van der Waals surface area contributed by atoms with Gasteiger partial charge in [0.2, 0.25) is 0 Å².